The summed E-state index contributed by atoms with van der Waals surface area (Å²) in [6.07, 6.45) is 1.60. The van der Waals surface area contributed by atoms with Crippen LogP contribution in [0.3, 0.4) is 0 Å². The lowest BCUT2D eigenvalue weighted by atomic mass is 10.1. The van der Waals surface area contributed by atoms with E-state index in [0.29, 0.717) is 16.7 Å². The minimum atomic E-state index is -0.809. The molecule has 1 aromatic heterocycles. The Morgan fingerprint density at radius 1 is 1.00 bits per heavy atom. The molecule has 0 fully saturated rings. The number of hydrogen-bond donors (Lipinski definition) is 1. The molecule has 9 heteroatoms. The SMILES string of the molecule is O=C(Nc1ccn(Cc2c(F)cccc2Cl)n1)c1cccc(COc2ccc(F)cc2F)c1. The number of anilines is 1. The van der Waals surface area contributed by atoms with Crippen LogP contribution in [0.25, 0.3) is 0 Å². The Hall–Kier alpha value is -3.78. The fourth-order valence-electron chi connectivity index (χ4n) is 3.11. The summed E-state index contributed by atoms with van der Waals surface area (Å²) in [5, 5.41) is 7.19. The monoisotopic (exact) mass is 471 g/mol. The summed E-state index contributed by atoms with van der Waals surface area (Å²) in [7, 11) is 0. The van der Waals surface area contributed by atoms with Crippen LogP contribution in [0.4, 0.5) is 19.0 Å². The van der Waals surface area contributed by atoms with E-state index in [4.69, 9.17) is 16.3 Å². The first-order valence-corrected chi connectivity index (χ1v) is 10.2. The summed E-state index contributed by atoms with van der Waals surface area (Å²) >= 11 is 6.05. The largest absolute Gasteiger partial charge is 0.486 e. The first-order valence-electron chi connectivity index (χ1n) is 9.83. The molecule has 0 aliphatic rings. The highest BCUT2D eigenvalue weighted by molar-refractivity contribution is 6.31. The van der Waals surface area contributed by atoms with Gasteiger partial charge in [-0.05, 0) is 42.0 Å². The Morgan fingerprint density at radius 2 is 1.82 bits per heavy atom. The predicted octanol–water partition coefficient (Wildman–Crippen LogP) is 5.83. The molecule has 168 valence electrons. The van der Waals surface area contributed by atoms with Crippen LogP contribution >= 0.6 is 11.6 Å². The van der Waals surface area contributed by atoms with Gasteiger partial charge in [0.25, 0.3) is 5.91 Å². The number of carbonyl (C=O) groups excluding carboxylic acids is 1. The molecule has 3 aromatic carbocycles. The standard InChI is InChI=1S/C24H17ClF3N3O2/c25-19-5-2-6-20(27)18(19)13-31-10-9-23(30-31)29-24(32)16-4-1-3-15(11-16)14-33-22-8-7-17(26)12-21(22)28/h1-12H,13-14H2,(H,29,30,32). The summed E-state index contributed by atoms with van der Waals surface area (Å²) < 4.78 is 47.5. The molecule has 0 aliphatic carbocycles. The van der Waals surface area contributed by atoms with Crippen molar-refractivity contribution in [2.24, 2.45) is 0 Å². The zero-order chi connectivity index (χ0) is 23.4. The van der Waals surface area contributed by atoms with Crippen molar-refractivity contribution in [3.05, 3.63) is 112 Å². The predicted molar refractivity (Wildman–Crippen MR) is 118 cm³/mol. The molecule has 0 aliphatic heterocycles. The molecule has 0 saturated heterocycles. The first-order chi connectivity index (χ1) is 15.9. The third kappa shape index (κ3) is 5.53. The van der Waals surface area contributed by atoms with Crippen molar-refractivity contribution in [2.45, 2.75) is 13.2 Å². The molecule has 33 heavy (non-hydrogen) atoms. The van der Waals surface area contributed by atoms with Gasteiger partial charge >= 0.3 is 0 Å². The topological polar surface area (TPSA) is 56.2 Å². The number of benzene rings is 3. The van der Waals surface area contributed by atoms with Gasteiger partial charge in [-0.1, -0.05) is 29.8 Å². The highest BCUT2D eigenvalue weighted by atomic mass is 35.5. The summed E-state index contributed by atoms with van der Waals surface area (Å²) in [6, 6.07) is 15.6. The summed E-state index contributed by atoms with van der Waals surface area (Å²) in [4.78, 5) is 12.6. The van der Waals surface area contributed by atoms with E-state index in [2.05, 4.69) is 10.4 Å². The van der Waals surface area contributed by atoms with Crippen molar-refractivity contribution in [1.82, 2.24) is 9.78 Å². The Kier molecular flexibility index (Phi) is 6.65. The lowest BCUT2D eigenvalue weighted by Crippen LogP contribution is -2.13. The Labute approximate surface area is 192 Å². The van der Waals surface area contributed by atoms with Crippen LogP contribution < -0.4 is 10.1 Å². The van der Waals surface area contributed by atoms with Gasteiger partial charge in [0.2, 0.25) is 0 Å². The van der Waals surface area contributed by atoms with Crippen LogP contribution in [0.1, 0.15) is 21.5 Å². The third-order valence-corrected chi connectivity index (χ3v) is 5.10. The molecule has 0 bridgehead atoms. The Balaban J connectivity index is 1.40. The van der Waals surface area contributed by atoms with Crippen LogP contribution in [0.15, 0.2) is 72.9 Å². The van der Waals surface area contributed by atoms with Gasteiger partial charge in [0.15, 0.2) is 17.4 Å². The highest BCUT2D eigenvalue weighted by Crippen LogP contribution is 2.21. The molecule has 0 unspecified atom stereocenters. The molecule has 4 rings (SSSR count). The molecular formula is C24H17ClF3N3O2. The molecule has 0 spiro atoms. The molecule has 0 radical (unpaired) electrons. The van der Waals surface area contributed by atoms with E-state index in [-0.39, 0.29) is 29.7 Å². The number of rotatable bonds is 7. The molecular weight excluding hydrogens is 455 g/mol. The van der Waals surface area contributed by atoms with Crippen molar-refractivity contribution >= 4 is 23.3 Å². The molecule has 1 heterocycles. The first kappa shape index (κ1) is 22.4. The molecule has 0 saturated carbocycles. The van der Waals surface area contributed by atoms with Crippen molar-refractivity contribution in [3.8, 4) is 5.75 Å². The number of carbonyl (C=O) groups is 1. The van der Waals surface area contributed by atoms with Gasteiger partial charge in [-0.2, -0.15) is 5.10 Å². The normalized spacial score (nSPS) is 10.8. The maximum Gasteiger partial charge on any atom is 0.256 e. The fraction of sp³-hybridized carbons (Fsp3) is 0.0833. The zero-order valence-electron chi connectivity index (χ0n) is 17.1. The summed E-state index contributed by atoms with van der Waals surface area (Å²) in [5.74, 6) is -2.18. The van der Waals surface area contributed by atoms with Crippen LogP contribution in [-0.2, 0) is 13.2 Å². The molecule has 1 amide bonds. The van der Waals surface area contributed by atoms with E-state index in [9.17, 15) is 18.0 Å². The van der Waals surface area contributed by atoms with Gasteiger partial charge < -0.3 is 10.1 Å². The molecule has 1 N–H and O–H groups in total. The number of ether oxygens (including phenoxy) is 1. The zero-order valence-corrected chi connectivity index (χ0v) is 17.8. The minimum Gasteiger partial charge on any atom is -0.486 e. The number of nitrogens with zero attached hydrogens (tertiary/aromatic N) is 2. The van der Waals surface area contributed by atoms with Gasteiger partial charge in [0, 0.05) is 34.5 Å². The fourth-order valence-corrected chi connectivity index (χ4v) is 3.33. The van der Waals surface area contributed by atoms with Gasteiger partial charge in [-0.15, -0.1) is 0 Å². The van der Waals surface area contributed by atoms with Crippen LogP contribution in [0, 0.1) is 17.5 Å². The van der Waals surface area contributed by atoms with E-state index < -0.39 is 23.4 Å². The Bertz CT molecular complexity index is 1290. The van der Waals surface area contributed by atoms with Crippen LogP contribution in [0.5, 0.6) is 5.75 Å². The minimum absolute atomic E-state index is 0.0122. The maximum absolute atomic E-state index is 14.0. The Morgan fingerprint density at radius 3 is 2.61 bits per heavy atom. The summed E-state index contributed by atoms with van der Waals surface area (Å²) in [6.45, 7) is 0.0931. The average molecular weight is 472 g/mol. The number of aromatic nitrogens is 2. The van der Waals surface area contributed by atoms with Crippen molar-refractivity contribution in [1.29, 1.82) is 0 Å². The van der Waals surface area contributed by atoms with Gasteiger partial charge in [-0.3, -0.25) is 9.48 Å². The highest BCUT2D eigenvalue weighted by Gasteiger charge is 2.12. The maximum atomic E-state index is 14.0. The van der Waals surface area contributed by atoms with Gasteiger partial charge in [-0.25, -0.2) is 13.2 Å². The van der Waals surface area contributed by atoms with Gasteiger partial charge in [0.05, 0.1) is 6.54 Å². The van der Waals surface area contributed by atoms with Crippen molar-refractivity contribution in [3.63, 3.8) is 0 Å². The van der Waals surface area contributed by atoms with E-state index in [0.717, 1.165) is 12.1 Å². The lowest BCUT2D eigenvalue weighted by molar-refractivity contribution is 0.102. The second-order valence-corrected chi connectivity index (χ2v) is 7.52. The lowest BCUT2D eigenvalue weighted by Gasteiger charge is -2.09. The second-order valence-electron chi connectivity index (χ2n) is 7.12. The average Bonchev–Trinajstić information content (AvgIpc) is 3.23. The van der Waals surface area contributed by atoms with Crippen LogP contribution in [0.2, 0.25) is 5.02 Å². The molecule has 5 nitrogen and oxygen atoms in total. The van der Waals surface area contributed by atoms with E-state index >= 15 is 0 Å². The quantitative estimate of drug-likeness (QED) is 0.369. The van der Waals surface area contributed by atoms with Crippen LogP contribution in [-0.4, -0.2) is 15.7 Å². The van der Waals surface area contributed by atoms with E-state index in [1.165, 1.54) is 22.9 Å². The molecule has 0 atom stereocenters. The van der Waals surface area contributed by atoms with E-state index in [1.54, 1.807) is 42.6 Å². The number of hydrogen-bond acceptors (Lipinski definition) is 3. The number of amides is 1. The second kappa shape index (κ2) is 9.79. The molecule has 4 aromatic rings. The number of halogens is 4. The van der Waals surface area contributed by atoms with Crippen molar-refractivity contribution < 1.29 is 22.7 Å². The van der Waals surface area contributed by atoms with Gasteiger partial charge in [0.1, 0.15) is 18.2 Å². The number of nitrogens with one attached hydrogen (secondary N) is 1. The third-order valence-electron chi connectivity index (χ3n) is 4.74. The van der Waals surface area contributed by atoms with E-state index in [1.807, 2.05) is 0 Å². The summed E-state index contributed by atoms with van der Waals surface area (Å²) in [5.41, 5.74) is 1.25. The van der Waals surface area contributed by atoms with Crippen molar-refractivity contribution in [2.75, 3.05) is 5.32 Å². The smallest absolute Gasteiger partial charge is 0.256 e.